The van der Waals surface area contributed by atoms with E-state index in [0.717, 1.165) is 0 Å². The molecule has 6 heteroatoms. The van der Waals surface area contributed by atoms with Gasteiger partial charge in [-0.25, -0.2) is 9.59 Å². The lowest BCUT2D eigenvalue weighted by molar-refractivity contribution is -0.141. The lowest BCUT2D eigenvalue weighted by Gasteiger charge is -2.30. The van der Waals surface area contributed by atoms with Gasteiger partial charge < -0.3 is 10.0 Å². The Kier molecular flexibility index (Phi) is 4.68. The molecule has 0 saturated carbocycles. The van der Waals surface area contributed by atoms with Gasteiger partial charge in [0.15, 0.2) is 0 Å². The van der Waals surface area contributed by atoms with Gasteiger partial charge in [0.1, 0.15) is 6.04 Å². The molecule has 98 valence electrons. The second-order valence-corrected chi connectivity index (χ2v) is 6.10. The molecule has 1 rings (SSSR count). The van der Waals surface area contributed by atoms with Gasteiger partial charge >= 0.3 is 12.0 Å². The SMILES string of the molecule is CC(C)CN(C)C(=O)N1C(C)SCC1C(=O)O. The molecule has 2 amide bonds. The Morgan fingerprint density at radius 3 is 2.59 bits per heavy atom. The van der Waals surface area contributed by atoms with Crippen molar-refractivity contribution in [3.05, 3.63) is 0 Å². The Balaban J connectivity index is 2.74. The molecular formula is C11H20N2O3S. The first-order valence-corrected chi connectivity index (χ1v) is 6.77. The van der Waals surface area contributed by atoms with Crippen LogP contribution in [0.5, 0.6) is 0 Å². The van der Waals surface area contributed by atoms with Crippen molar-refractivity contribution in [3.8, 4) is 0 Å². The fraction of sp³-hybridized carbons (Fsp3) is 0.818. The van der Waals surface area contributed by atoms with Gasteiger partial charge in [0, 0.05) is 19.3 Å². The molecule has 1 aliphatic heterocycles. The lowest BCUT2D eigenvalue weighted by atomic mass is 10.2. The molecule has 0 radical (unpaired) electrons. The minimum atomic E-state index is -0.923. The van der Waals surface area contributed by atoms with Crippen LogP contribution in [-0.4, -0.2) is 57.7 Å². The van der Waals surface area contributed by atoms with Crippen LogP contribution in [0.4, 0.5) is 4.79 Å². The first-order valence-electron chi connectivity index (χ1n) is 5.72. The average Bonchev–Trinajstić information content (AvgIpc) is 2.58. The number of hydrogen-bond donors (Lipinski definition) is 1. The smallest absolute Gasteiger partial charge is 0.327 e. The van der Waals surface area contributed by atoms with Crippen molar-refractivity contribution in [2.24, 2.45) is 5.92 Å². The van der Waals surface area contributed by atoms with Crippen LogP contribution in [-0.2, 0) is 4.79 Å². The molecule has 0 aliphatic carbocycles. The molecule has 1 aliphatic rings. The molecule has 0 bridgehead atoms. The number of carbonyl (C=O) groups is 2. The Bertz CT molecular complexity index is 309. The molecule has 1 heterocycles. The molecule has 2 unspecified atom stereocenters. The van der Waals surface area contributed by atoms with Gasteiger partial charge in [-0.3, -0.25) is 4.90 Å². The second-order valence-electron chi connectivity index (χ2n) is 4.75. The van der Waals surface area contributed by atoms with Crippen molar-refractivity contribution in [3.63, 3.8) is 0 Å². The van der Waals surface area contributed by atoms with Gasteiger partial charge in [0.25, 0.3) is 0 Å². The molecule has 0 aromatic rings. The van der Waals surface area contributed by atoms with E-state index in [1.165, 1.54) is 16.7 Å². The van der Waals surface area contributed by atoms with Crippen molar-refractivity contribution in [1.82, 2.24) is 9.80 Å². The third-order valence-corrected chi connectivity index (χ3v) is 3.91. The summed E-state index contributed by atoms with van der Waals surface area (Å²) in [5, 5.41) is 9.02. The number of hydrogen-bond acceptors (Lipinski definition) is 3. The summed E-state index contributed by atoms with van der Waals surface area (Å²) in [5.74, 6) is -0.0801. The van der Waals surface area contributed by atoms with Crippen LogP contribution in [0.25, 0.3) is 0 Å². The molecule has 1 fully saturated rings. The Morgan fingerprint density at radius 2 is 2.12 bits per heavy atom. The monoisotopic (exact) mass is 260 g/mol. The number of rotatable bonds is 3. The minimum absolute atomic E-state index is 0.0711. The number of nitrogens with zero attached hydrogens (tertiary/aromatic N) is 2. The fourth-order valence-corrected chi connectivity index (χ4v) is 3.11. The number of urea groups is 1. The summed E-state index contributed by atoms with van der Waals surface area (Å²) in [6.45, 7) is 6.56. The first kappa shape index (κ1) is 14.2. The summed E-state index contributed by atoms with van der Waals surface area (Å²) < 4.78 is 0. The van der Waals surface area contributed by atoms with Gasteiger partial charge in [0.05, 0.1) is 5.37 Å². The van der Waals surface area contributed by atoms with Crippen LogP contribution in [0.2, 0.25) is 0 Å². The third kappa shape index (κ3) is 3.28. The molecule has 1 N–H and O–H groups in total. The van der Waals surface area contributed by atoms with Crippen molar-refractivity contribution in [1.29, 1.82) is 0 Å². The molecule has 1 saturated heterocycles. The van der Waals surface area contributed by atoms with Gasteiger partial charge in [0.2, 0.25) is 0 Å². The van der Waals surface area contributed by atoms with E-state index in [2.05, 4.69) is 0 Å². The van der Waals surface area contributed by atoms with E-state index >= 15 is 0 Å². The summed E-state index contributed by atoms with van der Waals surface area (Å²) in [6, 6.07) is -0.888. The van der Waals surface area contributed by atoms with Crippen LogP contribution in [0.1, 0.15) is 20.8 Å². The summed E-state index contributed by atoms with van der Waals surface area (Å²) in [5.41, 5.74) is 0. The van der Waals surface area contributed by atoms with Gasteiger partial charge in [-0.05, 0) is 12.8 Å². The molecule has 2 atom stereocenters. The van der Waals surface area contributed by atoms with Crippen LogP contribution >= 0.6 is 11.8 Å². The number of amides is 2. The summed E-state index contributed by atoms with van der Waals surface area (Å²) >= 11 is 1.50. The number of carboxylic acid groups (broad SMARTS) is 1. The van der Waals surface area contributed by atoms with Crippen molar-refractivity contribution >= 4 is 23.8 Å². The quantitative estimate of drug-likeness (QED) is 0.836. The standard InChI is InChI=1S/C11H20N2O3S/c1-7(2)5-12(4)11(16)13-8(3)17-6-9(13)10(14)15/h7-9H,5-6H2,1-4H3,(H,14,15). The Labute approximate surface area is 106 Å². The normalized spacial score (nSPS) is 24.2. The van der Waals surface area contributed by atoms with Crippen LogP contribution in [0.3, 0.4) is 0 Å². The van der Waals surface area contributed by atoms with E-state index in [9.17, 15) is 9.59 Å². The highest BCUT2D eigenvalue weighted by Gasteiger charge is 2.40. The molecule has 5 nitrogen and oxygen atoms in total. The van der Waals surface area contributed by atoms with Crippen LogP contribution < -0.4 is 0 Å². The molecule has 0 aromatic carbocycles. The maximum Gasteiger partial charge on any atom is 0.327 e. The topological polar surface area (TPSA) is 60.9 Å². The van der Waals surface area contributed by atoms with Crippen molar-refractivity contribution < 1.29 is 14.7 Å². The predicted molar refractivity (Wildman–Crippen MR) is 68.0 cm³/mol. The van der Waals surface area contributed by atoms with Crippen molar-refractivity contribution in [2.45, 2.75) is 32.2 Å². The highest BCUT2D eigenvalue weighted by atomic mass is 32.2. The number of thioether (sulfide) groups is 1. The largest absolute Gasteiger partial charge is 0.480 e. The van der Waals surface area contributed by atoms with Crippen molar-refractivity contribution in [2.75, 3.05) is 19.3 Å². The fourth-order valence-electron chi connectivity index (χ4n) is 1.95. The van der Waals surface area contributed by atoms with Gasteiger partial charge in [-0.1, -0.05) is 13.8 Å². The van der Waals surface area contributed by atoms with E-state index in [0.29, 0.717) is 18.2 Å². The van der Waals surface area contributed by atoms with E-state index < -0.39 is 12.0 Å². The molecule has 0 spiro atoms. The second kappa shape index (κ2) is 5.62. The summed E-state index contributed by atoms with van der Waals surface area (Å²) in [4.78, 5) is 26.3. The highest BCUT2D eigenvalue weighted by Crippen LogP contribution is 2.29. The first-order chi connectivity index (χ1) is 7.84. The van der Waals surface area contributed by atoms with Gasteiger partial charge in [-0.15, -0.1) is 11.8 Å². The maximum absolute atomic E-state index is 12.2. The zero-order valence-corrected chi connectivity index (χ0v) is 11.5. The molecule has 0 aromatic heterocycles. The Hall–Kier alpha value is -0.910. The van der Waals surface area contributed by atoms with Gasteiger partial charge in [-0.2, -0.15) is 0 Å². The van der Waals surface area contributed by atoms with Crippen LogP contribution in [0, 0.1) is 5.92 Å². The predicted octanol–water partition coefficient (Wildman–Crippen LogP) is 1.54. The third-order valence-electron chi connectivity index (χ3n) is 2.69. The lowest BCUT2D eigenvalue weighted by Crippen LogP contribution is -2.50. The minimum Gasteiger partial charge on any atom is -0.480 e. The zero-order chi connectivity index (χ0) is 13.2. The van der Waals surface area contributed by atoms with E-state index in [1.54, 1.807) is 11.9 Å². The summed E-state index contributed by atoms with van der Waals surface area (Å²) in [6.07, 6.45) is 0. The maximum atomic E-state index is 12.2. The summed E-state index contributed by atoms with van der Waals surface area (Å²) in [7, 11) is 1.72. The van der Waals surface area contributed by atoms with E-state index in [4.69, 9.17) is 5.11 Å². The molecular weight excluding hydrogens is 240 g/mol. The highest BCUT2D eigenvalue weighted by molar-refractivity contribution is 8.00. The van der Waals surface area contributed by atoms with Crippen LogP contribution in [0.15, 0.2) is 0 Å². The zero-order valence-electron chi connectivity index (χ0n) is 10.7. The average molecular weight is 260 g/mol. The Morgan fingerprint density at radius 1 is 1.53 bits per heavy atom. The number of carbonyl (C=O) groups excluding carboxylic acids is 1. The van der Waals surface area contributed by atoms with E-state index in [-0.39, 0.29) is 11.4 Å². The number of carboxylic acids is 1. The van der Waals surface area contributed by atoms with E-state index in [1.807, 2.05) is 20.8 Å². The number of aliphatic carboxylic acids is 1. The molecule has 17 heavy (non-hydrogen) atoms.